The monoisotopic (exact) mass is 309 g/mol. The highest BCUT2D eigenvalue weighted by atomic mass is 35.5. The third kappa shape index (κ3) is 3.77. The first kappa shape index (κ1) is 16.1. The van der Waals surface area contributed by atoms with Crippen LogP contribution in [0.25, 0.3) is 0 Å². The van der Waals surface area contributed by atoms with Crippen molar-refractivity contribution in [2.24, 2.45) is 0 Å². The van der Waals surface area contributed by atoms with E-state index in [2.05, 4.69) is 9.47 Å². The number of nitro benzene ring substituents is 1. The van der Waals surface area contributed by atoms with Crippen molar-refractivity contribution in [1.82, 2.24) is 0 Å². The molecular weight excluding hydrogens is 300 g/mol. The Bertz CT molecular complexity index is 524. The van der Waals surface area contributed by atoms with Gasteiger partial charge in [-0.1, -0.05) is 0 Å². The number of esters is 1. The first-order chi connectivity index (χ1) is 9.40. The second kappa shape index (κ2) is 6.99. The molecule has 0 N–H and O–H groups in total. The molecule has 0 amide bonds. The van der Waals surface area contributed by atoms with Crippen molar-refractivity contribution in [3.63, 3.8) is 0 Å². The smallest absolute Gasteiger partial charge is 0.387 e. The Balaban J connectivity index is 3.39. The lowest BCUT2D eigenvalue weighted by molar-refractivity contribution is -0.385. The summed E-state index contributed by atoms with van der Waals surface area (Å²) in [6.45, 7) is -1.70. The van der Waals surface area contributed by atoms with Crippen molar-refractivity contribution < 1.29 is 28.0 Å². The van der Waals surface area contributed by atoms with Gasteiger partial charge in [-0.3, -0.25) is 10.1 Å². The van der Waals surface area contributed by atoms with Gasteiger partial charge < -0.3 is 9.47 Å². The number of nitrogens with zero attached hydrogens (tertiary/aromatic N) is 1. The molecule has 0 bridgehead atoms. The van der Waals surface area contributed by atoms with Crippen LogP contribution in [0.3, 0.4) is 0 Å². The second-order valence-corrected chi connectivity index (χ2v) is 3.73. The molecule has 0 saturated carbocycles. The van der Waals surface area contributed by atoms with Crippen molar-refractivity contribution in [2.75, 3.05) is 6.61 Å². The van der Waals surface area contributed by atoms with Crippen LogP contribution in [0.4, 0.5) is 14.5 Å². The van der Waals surface area contributed by atoms with Crippen molar-refractivity contribution in [3.8, 4) is 5.75 Å². The number of rotatable bonds is 6. The number of halogens is 3. The van der Waals surface area contributed by atoms with Gasteiger partial charge >= 0.3 is 12.6 Å². The molecule has 20 heavy (non-hydrogen) atoms. The lowest BCUT2D eigenvalue weighted by atomic mass is 10.1. The van der Waals surface area contributed by atoms with Crippen LogP contribution in [0, 0.1) is 10.1 Å². The van der Waals surface area contributed by atoms with Gasteiger partial charge in [0, 0.05) is 11.6 Å². The van der Waals surface area contributed by atoms with Gasteiger partial charge in [0.2, 0.25) is 0 Å². The molecule has 0 atom stereocenters. The van der Waals surface area contributed by atoms with E-state index >= 15 is 0 Å². The van der Waals surface area contributed by atoms with Crippen LogP contribution in [0.2, 0.25) is 0 Å². The molecule has 0 fully saturated rings. The van der Waals surface area contributed by atoms with E-state index in [1.165, 1.54) is 6.92 Å². The van der Waals surface area contributed by atoms with Gasteiger partial charge in [-0.25, -0.2) is 4.79 Å². The van der Waals surface area contributed by atoms with Gasteiger partial charge in [0.05, 0.1) is 17.4 Å². The maximum absolute atomic E-state index is 12.3. The van der Waals surface area contributed by atoms with Crippen LogP contribution in [0.1, 0.15) is 22.8 Å². The third-order valence-corrected chi connectivity index (χ3v) is 2.52. The number of alkyl halides is 3. The fourth-order valence-corrected chi connectivity index (χ4v) is 1.66. The number of benzene rings is 1. The fourth-order valence-electron chi connectivity index (χ4n) is 1.45. The first-order valence-corrected chi connectivity index (χ1v) is 5.93. The van der Waals surface area contributed by atoms with Crippen molar-refractivity contribution in [2.45, 2.75) is 19.4 Å². The molecule has 0 heterocycles. The zero-order valence-electron chi connectivity index (χ0n) is 10.3. The molecule has 0 aromatic heterocycles. The molecule has 0 aliphatic rings. The summed E-state index contributed by atoms with van der Waals surface area (Å²) in [5, 5.41) is 10.9. The largest absolute Gasteiger partial charge is 0.462 e. The maximum atomic E-state index is 12.3. The minimum absolute atomic E-state index is 0.0159. The van der Waals surface area contributed by atoms with Gasteiger partial charge in [0.1, 0.15) is 11.3 Å². The zero-order chi connectivity index (χ0) is 15.3. The van der Waals surface area contributed by atoms with E-state index in [-0.39, 0.29) is 18.1 Å². The lowest BCUT2D eigenvalue weighted by Crippen LogP contribution is -2.12. The first-order valence-electron chi connectivity index (χ1n) is 5.39. The van der Waals surface area contributed by atoms with Crippen LogP contribution in [-0.4, -0.2) is 24.1 Å². The Labute approximate surface area is 117 Å². The Kier molecular flexibility index (Phi) is 5.63. The Hall–Kier alpha value is -1.96. The summed E-state index contributed by atoms with van der Waals surface area (Å²) >= 11 is 5.51. The number of carbonyl (C=O) groups is 1. The minimum Gasteiger partial charge on any atom is -0.462 e. The number of nitro groups is 1. The average molecular weight is 310 g/mol. The van der Waals surface area contributed by atoms with Crippen LogP contribution in [0.15, 0.2) is 12.1 Å². The number of carbonyl (C=O) groups excluding carboxylic acids is 1. The number of ether oxygens (including phenoxy) is 2. The van der Waals surface area contributed by atoms with E-state index in [9.17, 15) is 23.7 Å². The average Bonchev–Trinajstić information content (AvgIpc) is 2.37. The second-order valence-electron chi connectivity index (χ2n) is 3.47. The van der Waals surface area contributed by atoms with Crippen molar-refractivity contribution in [1.29, 1.82) is 0 Å². The van der Waals surface area contributed by atoms with Gasteiger partial charge in [-0.2, -0.15) is 8.78 Å². The molecule has 0 saturated heterocycles. The summed E-state index contributed by atoms with van der Waals surface area (Å²) in [5.41, 5.74) is -0.960. The van der Waals surface area contributed by atoms with Crippen LogP contribution in [-0.2, 0) is 10.6 Å². The molecular formula is C11H10ClF2NO5. The van der Waals surface area contributed by atoms with Crippen LogP contribution >= 0.6 is 11.6 Å². The third-order valence-electron chi connectivity index (χ3n) is 2.23. The van der Waals surface area contributed by atoms with E-state index in [0.717, 1.165) is 12.1 Å². The Morgan fingerprint density at radius 1 is 1.50 bits per heavy atom. The molecule has 1 aromatic rings. The number of hydrogen-bond donors (Lipinski definition) is 0. The molecule has 1 aromatic carbocycles. The van der Waals surface area contributed by atoms with E-state index < -0.39 is 34.5 Å². The summed E-state index contributed by atoms with van der Waals surface area (Å²) in [7, 11) is 0. The van der Waals surface area contributed by atoms with E-state index in [4.69, 9.17) is 11.6 Å². The SMILES string of the molecule is CCOC(=O)c1cc([N+](=O)[O-])c(CCl)cc1OC(F)F. The Morgan fingerprint density at radius 2 is 2.15 bits per heavy atom. The van der Waals surface area contributed by atoms with Gasteiger partial charge in [0.25, 0.3) is 5.69 Å². The quantitative estimate of drug-likeness (QED) is 0.349. The molecule has 9 heteroatoms. The summed E-state index contributed by atoms with van der Waals surface area (Å²) in [5.74, 6) is -1.80. The predicted octanol–water partition coefficient (Wildman–Crippen LogP) is 3.11. The molecule has 0 aliphatic carbocycles. The van der Waals surface area contributed by atoms with Crippen LogP contribution < -0.4 is 4.74 Å². The Morgan fingerprint density at radius 3 is 2.60 bits per heavy atom. The summed E-state index contributed by atoms with van der Waals surface area (Å²) in [4.78, 5) is 21.7. The molecule has 1 rings (SSSR count). The standard InChI is InChI=1S/C11H10ClF2NO5/c1-2-19-10(16)7-4-8(15(17)18)6(5-12)3-9(7)20-11(13)14/h3-4,11H,2,5H2,1H3. The number of hydrogen-bond acceptors (Lipinski definition) is 5. The highest BCUT2D eigenvalue weighted by molar-refractivity contribution is 6.17. The summed E-state index contributed by atoms with van der Waals surface area (Å²) in [6.07, 6.45) is 0. The minimum atomic E-state index is -3.19. The fraction of sp³-hybridized carbons (Fsp3) is 0.364. The normalized spacial score (nSPS) is 10.4. The van der Waals surface area contributed by atoms with Gasteiger partial charge in [-0.05, 0) is 13.0 Å². The van der Waals surface area contributed by atoms with E-state index in [1.807, 2.05) is 0 Å². The summed E-state index contributed by atoms with van der Waals surface area (Å²) < 4.78 is 33.4. The van der Waals surface area contributed by atoms with E-state index in [1.54, 1.807) is 0 Å². The van der Waals surface area contributed by atoms with E-state index in [0.29, 0.717) is 0 Å². The molecule has 0 aliphatic heterocycles. The highest BCUT2D eigenvalue weighted by Crippen LogP contribution is 2.31. The lowest BCUT2D eigenvalue weighted by Gasteiger charge is -2.11. The van der Waals surface area contributed by atoms with Crippen molar-refractivity contribution in [3.05, 3.63) is 33.4 Å². The van der Waals surface area contributed by atoms with Gasteiger partial charge in [0.15, 0.2) is 0 Å². The molecule has 0 spiro atoms. The van der Waals surface area contributed by atoms with Gasteiger partial charge in [-0.15, -0.1) is 11.6 Å². The molecule has 110 valence electrons. The maximum Gasteiger partial charge on any atom is 0.387 e. The molecule has 0 unspecified atom stereocenters. The molecule has 0 radical (unpaired) electrons. The summed E-state index contributed by atoms with van der Waals surface area (Å²) in [6, 6.07) is 1.75. The van der Waals surface area contributed by atoms with Crippen molar-refractivity contribution >= 4 is 23.3 Å². The highest BCUT2D eigenvalue weighted by Gasteiger charge is 2.24. The topological polar surface area (TPSA) is 78.7 Å². The zero-order valence-corrected chi connectivity index (χ0v) is 11.0. The predicted molar refractivity (Wildman–Crippen MR) is 65.2 cm³/mol. The van der Waals surface area contributed by atoms with Crippen LogP contribution in [0.5, 0.6) is 5.75 Å². The molecule has 6 nitrogen and oxygen atoms in total.